The molecular weight excluding hydrogens is 399 g/mol. The van der Waals surface area contributed by atoms with Crippen molar-refractivity contribution in [3.8, 4) is 5.88 Å². The third kappa shape index (κ3) is 5.59. The highest BCUT2D eigenvalue weighted by Gasteiger charge is 2.24. The molecule has 28 heavy (non-hydrogen) atoms. The number of carbonyl (C=O) groups is 1. The molecule has 0 aliphatic carbocycles. The van der Waals surface area contributed by atoms with Crippen LogP contribution in [-0.4, -0.2) is 48.2 Å². The lowest BCUT2D eigenvalue weighted by Crippen LogP contribution is -2.42. The molecule has 0 unspecified atom stereocenters. The van der Waals surface area contributed by atoms with Crippen LogP contribution in [0.15, 0.2) is 41.6 Å². The molecule has 8 heteroatoms. The minimum atomic E-state index is -0.168. The number of likely N-dealkylation sites (N-methyl/N-ethyl adjacent to an activating group) is 1. The second-order valence-electron chi connectivity index (χ2n) is 6.12. The van der Waals surface area contributed by atoms with Gasteiger partial charge in [-0.2, -0.15) is 5.10 Å². The number of ether oxygens (including phenoxy) is 1. The fourth-order valence-corrected chi connectivity index (χ4v) is 3.02. The van der Waals surface area contributed by atoms with Gasteiger partial charge < -0.3 is 9.64 Å². The van der Waals surface area contributed by atoms with Crippen LogP contribution in [0.4, 0.5) is 5.69 Å². The molecule has 0 spiro atoms. The summed E-state index contributed by atoms with van der Waals surface area (Å²) in [5.74, 6) is 0.344. The second-order valence-corrected chi connectivity index (χ2v) is 7.00. The zero-order chi connectivity index (χ0) is 20.7. The van der Waals surface area contributed by atoms with Crippen LogP contribution in [0, 0.1) is 0 Å². The normalized spacial score (nSPS) is 12.1. The second kappa shape index (κ2) is 10.3. The van der Waals surface area contributed by atoms with E-state index < -0.39 is 0 Å². The van der Waals surface area contributed by atoms with Crippen molar-refractivity contribution in [2.45, 2.75) is 26.8 Å². The number of pyridine rings is 1. The van der Waals surface area contributed by atoms with Crippen molar-refractivity contribution in [3.05, 3.63) is 52.1 Å². The van der Waals surface area contributed by atoms with Crippen molar-refractivity contribution in [3.63, 3.8) is 0 Å². The number of amides is 1. The number of benzene rings is 1. The summed E-state index contributed by atoms with van der Waals surface area (Å²) in [4.78, 5) is 19.1. The van der Waals surface area contributed by atoms with E-state index in [2.05, 4.69) is 10.1 Å². The predicted molar refractivity (Wildman–Crippen MR) is 115 cm³/mol. The third-order valence-electron chi connectivity index (χ3n) is 4.13. The lowest BCUT2D eigenvalue weighted by molar-refractivity contribution is 0.0647. The van der Waals surface area contributed by atoms with Gasteiger partial charge in [-0.25, -0.2) is 4.98 Å². The van der Waals surface area contributed by atoms with Gasteiger partial charge in [-0.15, -0.1) is 0 Å². The van der Waals surface area contributed by atoms with E-state index in [1.807, 2.05) is 20.8 Å². The van der Waals surface area contributed by atoms with Crippen molar-refractivity contribution in [1.82, 2.24) is 9.88 Å². The van der Waals surface area contributed by atoms with E-state index in [1.165, 1.54) is 6.20 Å². The first-order valence-electron chi connectivity index (χ1n) is 8.94. The first-order valence-corrected chi connectivity index (χ1v) is 9.70. The summed E-state index contributed by atoms with van der Waals surface area (Å²) in [5, 5.41) is 6.94. The van der Waals surface area contributed by atoms with Crippen molar-refractivity contribution in [1.29, 1.82) is 0 Å². The molecule has 1 aromatic carbocycles. The molecule has 0 bridgehead atoms. The summed E-state index contributed by atoms with van der Waals surface area (Å²) < 4.78 is 5.71. The maximum atomic E-state index is 13.2. The number of aromatic nitrogens is 1. The van der Waals surface area contributed by atoms with Gasteiger partial charge in [0.25, 0.3) is 5.91 Å². The van der Waals surface area contributed by atoms with Crippen LogP contribution < -0.4 is 9.75 Å². The van der Waals surface area contributed by atoms with Crippen molar-refractivity contribution in [2.75, 3.05) is 25.2 Å². The highest BCUT2D eigenvalue weighted by Crippen LogP contribution is 2.26. The van der Waals surface area contributed by atoms with E-state index >= 15 is 0 Å². The standard InChI is InChI=1S/C20H24Cl2N4O2/c1-5-24-25(4)18-11-15(21)7-9-17(18)20(27)26(6-2)14(3)13-28-19-10-8-16(22)12-23-19/h5,7-12,14H,6,13H2,1-4H3/b24-5-/t14-/m0/s1. The number of hydrogen-bond donors (Lipinski definition) is 0. The number of nitrogens with zero attached hydrogens (tertiary/aromatic N) is 4. The number of carbonyl (C=O) groups excluding carboxylic acids is 1. The Morgan fingerprint density at radius 2 is 2.00 bits per heavy atom. The van der Waals surface area contributed by atoms with Crippen LogP contribution in [0.1, 0.15) is 31.1 Å². The van der Waals surface area contributed by atoms with E-state index in [0.717, 1.165) is 0 Å². The summed E-state index contributed by atoms with van der Waals surface area (Å²) in [5.41, 5.74) is 1.16. The van der Waals surface area contributed by atoms with Gasteiger partial charge in [0.2, 0.25) is 5.88 Å². The molecule has 6 nitrogen and oxygen atoms in total. The molecule has 1 atom stereocenters. The first-order chi connectivity index (χ1) is 13.4. The minimum absolute atomic E-state index is 0.118. The predicted octanol–water partition coefficient (Wildman–Crippen LogP) is 4.76. The zero-order valence-corrected chi connectivity index (χ0v) is 17.9. The Bertz CT molecular complexity index is 827. The van der Waals surface area contributed by atoms with Gasteiger partial charge >= 0.3 is 0 Å². The zero-order valence-electron chi connectivity index (χ0n) is 16.4. The van der Waals surface area contributed by atoms with Gasteiger partial charge in [-0.05, 0) is 45.0 Å². The largest absolute Gasteiger partial charge is 0.475 e. The van der Waals surface area contributed by atoms with E-state index in [-0.39, 0.29) is 11.9 Å². The Hall–Kier alpha value is -2.31. The van der Waals surface area contributed by atoms with Gasteiger partial charge in [0.15, 0.2) is 0 Å². The average molecular weight is 423 g/mol. The highest BCUT2D eigenvalue weighted by atomic mass is 35.5. The Morgan fingerprint density at radius 3 is 2.61 bits per heavy atom. The molecule has 2 rings (SSSR count). The summed E-state index contributed by atoms with van der Waals surface area (Å²) in [6.07, 6.45) is 3.18. The topological polar surface area (TPSA) is 58.0 Å². The molecule has 0 saturated heterocycles. The molecular formula is C20H24Cl2N4O2. The Labute approximate surface area is 175 Å². The Kier molecular flexibility index (Phi) is 8.08. The van der Waals surface area contributed by atoms with Crippen molar-refractivity contribution in [2.24, 2.45) is 5.10 Å². The van der Waals surface area contributed by atoms with Crippen LogP contribution in [0.5, 0.6) is 5.88 Å². The van der Waals surface area contributed by atoms with Gasteiger partial charge in [-0.1, -0.05) is 23.2 Å². The summed E-state index contributed by atoms with van der Waals surface area (Å²) >= 11 is 12.0. The molecule has 150 valence electrons. The van der Waals surface area contributed by atoms with E-state index in [4.69, 9.17) is 27.9 Å². The minimum Gasteiger partial charge on any atom is -0.475 e. The fourth-order valence-electron chi connectivity index (χ4n) is 2.74. The van der Waals surface area contributed by atoms with E-state index in [0.29, 0.717) is 40.3 Å². The smallest absolute Gasteiger partial charge is 0.256 e. The summed E-state index contributed by atoms with van der Waals surface area (Å²) in [6.45, 7) is 6.50. The monoisotopic (exact) mass is 422 g/mol. The molecule has 0 N–H and O–H groups in total. The third-order valence-corrected chi connectivity index (χ3v) is 4.59. The van der Waals surface area contributed by atoms with Crippen molar-refractivity contribution >= 4 is 41.0 Å². The van der Waals surface area contributed by atoms with E-state index in [1.54, 1.807) is 53.5 Å². The molecule has 0 fully saturated rings. The van der Waals surface area contributed by atoms with Gasteiger partial charge in [0, 0.05) is 37.1 Å². The van der Waals surface area contributed by atoms with Crippen LogP contribution in [0.2, 0.25) is 10.0 Å². The lowest BCUT2D eigenvalue weighted by atomic mass is 10.1. The van der Waals surface area contributed by atoms with E-state index in [9.17, 15) is 4.79 Å². The number of hydrogen-bond acceptors (Lipinski definition) is 5. The maximum Gasteiger partial charge on any atom is 0.256 e. The van der Waals surface area contributed by atoms with Gasteiger partial charge in [-0.3, -0.25) is 9.80 Å². The average Bonchev–Trinajstić information content (AvgIpc) is 2.68. The molecule has 0 aliphatic heterocycles. The Morgan fingerprint density at radius 1 is 1.29 bits per heavy atom. The highest BCUT2D eigenvalue weighted by molar-refractivity contribution is 6.31. The molecule has 0 aliphatic rings. The summed E-state index contributed by atoms with van der Waals surface area (Å²) in [7, 11) is 1.78. The van der Waals surface area contributed by atoms with Crippen molar-refractivity contribution < 1.29 is 9.53 Å². The molecule has 0 radical (unpaired) electrons. The number of hydrazone groups is 1. The molecule has 0 saturated carbocycles. The quantitative estimate of drug-likeness (QED) is 0.454. The lowest BCUT2D eigenvalue weighted by Gasteiger charge is -2.29. The van der Waals surface area contributed by atoms with Crippen LogP contribution in [0.25, 0.3) is 0 Å². The van der Waals surface area contributed by atoms with Crippen LogP contribution in [0.3, 0.4) is 0 Å². The van der Waals surface area contributed by atoms with Crippen LogP contribution in [-0.2, 0) is 0 Å². The molecule has 1 heterocycles. The number of anilines is 1. The molecule has 1 amide bonds. The van der Waals surface area contributed by atoms with Gasteiger partial charge in [0.05, 0.1) is 22.3 Å². The van der Waals surface area contributed by atoms with Gasteiger partial charge in [0.1, 0.15) is 6.61 Å². The Balaban J connectivity index is 2.19. The summed E-state index contributed by atoms with van der Waals surface area (Å²) in [6, 6.07) is 8.39. The fraction of sp³-hybridized carbons (Fsp3) is 0.350. The SMILES string of the molecule is C/C=N\N(C)c1cc(Cl)ccc1C(=O)N(CC)[C@@H](C)COc1ccc(Cl)cn1. The number of halogens is 2. The molecule has 2 aromatic rings. The maximum absolute atomic E-state index is 13.2. The first kappa shape index (κ1) is 22.0. The molecule has 1 aromatic heterocycles. The van der Waals surface area contributed by atoms with Crippen LogP contribution >= 0.6 is 23.2 Å². The number of rotatable bonds is 8.